The van der Waals surface area contributed by atoms with Crippen molar-refractivity contribution < 1.29 is 18.7 Å². The summed E-state index contributed by atoms with van der Waals surface area (Å²) in [7, 11) is 1.60. The Hall–Kier alpha value is -3.07. The molecule has 1 aliphatic heterocycles. The van der Waals surface area contributed by atoms with Crippen LogP contribution in [0.1, 0.15) is 25.3 Å². The van der Waals surface area contributed by atoms with Gasteiger partial charge in [-0.05, 0) is 43.2 Å². The first-order chi connectivity index (χ1) is 17.5. The van der Waals surface area contributed by atoms with Gasteiger partial charge in [-0.1, -0.05) is 24.6 Å². The summed E-state index contributed by atoms with van der Waals surface area (Å²) in [5.41, 5.74) is 1.95. The van der Waals surface area contributed by atoms with Gasteiger partial charge in [-0.15, -0.1) is 0 Å². The molecule has 0 saturated carbocycles. The second kappa shape index (κ2) is 12.3. The van der Waals surface area contributed by atoms with Crippen molar-refractivity contribution in [1.82, 2.24) is 14.9 Å². The molecule has 0 amide bonds. The molecule has 0 radical (unpaired) electrons. The van der Waals surface area contributed by atoms with E-state index >= 15 is 0 Å². The Labute approximate surface area is 215 Å². The van der Waals surface area contributed by atoms with Crippen molar-refractivity contribution in [1.29, 1.82) is 0 Å². The number of ether oxygens (including phenoxy) is 2. The third-order valence-corrected chi connectivity index (χ3v) is 6.58. The minimum Gasteiger partial charge on any atom is -0.491 e. The molecule has 190 valence electrons. The van der Waals surface area contributed by atoms with Crippen molar-refractivity contribution in [3.05, 3.63) is 65.2 Å². The number of anilines is 2. The van der Waals surface area contributed by atoms with E-state index in [1.165, 1.54) is 24.9 Å². The van der Waals surface area contributed by atoms with Gasteiger partial charge in [0.05, 0.1) is 17.1 Å². The Morgan fingerprint density at radius 1 is 1.28 bits per heavy atom. The van der Waals surface area contributed by atoms with E-state index in [9.17, 15) is 9.18 Å². The minimum atomic E-state index is -0.499. The monoisotopic (exact) mass is 512 g/mol. The van der Waals surface area contributed by atoms with Crippen molar-refractivity contribution in [2.24, 2.45) is 0 Å². The lowest BCUT2D eigenvalue weighted by Gasteiger charge is -2.39. The van der Waals surface area contributed by atoms with Crippen LogP contribution in [0.25, 0.3) is 10.9 Å². The van der Waals surface area contributed by atoms with Crippen LogP contribution in [0.2, 0.25) is 5.02 Å². The van der Waals surface area contributed by atoms with Gasteiger partial charge in [0.25, 0.3) is 0 Å². The lowest BCUT2D eigenvalue weighted by Crippen LogP contribution is -2.47. The molecule has 0 bridgehead atoms. The molecule has 9 heteroatoms. The second-order valence-corrected chi connectivity index (χ2v) is 9.09. The summed E-state index contributed by atoms with van der Waals surface area (Å²) >= 11 is 5.93. The normalized spacial score (nSPS) is 15.8. The Bertz CT molecular complexity index is 1250. The lowest BCUT2D eigenvalue weighted by atomic mass is 10.0. The number of ketones is 1. The lowest BCUT2D eigenvalue weighted by molar-refractivity contribution is -0.114. The summed E-state index contributed by atoms with van der Waals surface area (Å²) in [5.74, 6) is 0.570. The fourth-order valence-electron chi connectivity index (χ4n) is 4.21. The molecule has 1 aromatic heterocycles. The van der Waals surface area contributed by atoms with Crippen molar-refractivity contribution in [2.45, 2.75) is 32.2 Å². The first-order valence-electron chi connectivity index (χ1n) is 12.0. The maximum absolute atomic E-state index is 13.6. The fraction of sp³-hybridized carbons (Fsp3) is 0.370. The SMILES string of the molecule is CC[C@H]1CCN1C/C=C/C(=O)Cc1cc2c(Nc3ccc(F)c(Cl)c3)ncnc2cc1OCCOC. The van der Waals surface area contributed by atoms with E-state index in [2.05, 4.69) is 27.1 Å². The predicted octanol–water partition coefficient (Wildman–Crippen LogP) is 5.34. The number of likely N-dealkylation sites (tertiary alicyclic amines) is 1. The molecule has 3 aromatic rings. The van der Waals surface area contributed by atoms with Crippen molar-refractivity contribution in [3.8, 4) is 5.75 Å². The molecule has 1 aliphatic rings. The number of hydrogen-bond acceptors (Lipinski definition) is 7. The number of rotatable bonds is 12. The minimum absolute atomic E-state index is 0.00810. The van der Waals surface area contributed by atoms with Crippen LogP contribution >= 0.6 is 11.6 Å². The van der Waals surface area contributed by atoms with Gasteiger partial charge in [0.1, 0.15) is 30.3 Å². The van der Waals surface area contributed by atoms with Gasteiger partial charge in [-0.25, -0.2) is 14.4 Å². The summed E-state index contributed by atoms with van der Waals surface area (Å²) in [6.07, 6.45) is 7.54. The molecule has 36 heavy (non-hydrogen) atoms. The summed E-state index contributed by atoms with van der Waals surface area (Å²) in [4.78, 5) is 23.9. The largest absolute Gasteiger partial charge is 0.491 e. The number of hydrogen-bond donors (Lipinski definition) is 1. The van der Waals surface area contributed by atoms with Crippen LogP contribution in [0.5, 0.6) is 5.75 Å². The quantitative estimate of drug-likeness (QED) is 0.259. The Morgan fingerprint density at radius 3 is 2.86 bits per heavy atom. The van der Waals surface area contributed by atoms with Crippen LogP contribution in [0.4, 0.5) is 15.9 Å². The van der Waals surface area contributed by atoms with Gasteiger partial charge in [-0.2, -0.15) is 0 Å². The van der Waals surface area contributed by atoms with Gasteiger partial charge in [0.15, 0.2) is 5.78 Å². The second-order valence-electron chi connectivity index (χ2n) is 8.69. The number of carbonyl (C=O) groups is 1. The van der Waals surface area contributed by atoms with Gasteiger partial charge < -0.3 is 14.8 Å². The maximum Gasteiger partial charge on any atom is 0.159 e. The molecule has 2 aromatic carbocycles. The summed E-state index contributed by atoms with van der Waals surface area (Å²) in [5, 5.41) is 3.88. The number of carbonyl (C=O) groups excluding carboxylic acids is 1. The molecule has 1 N–H and O–H groups in total. The van der Waals surface area contributed by atoms with Crippen molar-refractivity contribution in [3.63, 3.8) is 0 Å². The highest BCUT2D eigenvalue weighted by molar-refractivity contribution is 6.31. The number of nitrogens with one attached hydrogen (secondary N) is 1. The van der Waals surface area contributed by atoms with Crippen LogP contribution in [0.3, 0.4) is 0 Å². The van der Waals surface area contributed by atoms with E-state index < -0.39 is 5.82 Å². The number of methoxy groups -OCH3 is 1. The Morgan fingerprint density at radius 2 is 2.14 bits per heavy atom. The zero-order valence-corrected chi connectivity index (χ0v) is 21.2. The maximum atomic E-state index is 13.6. The van der Waals surface area contributed by atoms with Gasteiger partial charge in [-0.3, -0.25) is 9.69 Å². The average molecular weight is 513 g/mol. The van der Waals surface area contributed by atoms with Gasteiger partial charge in [0, 0.05) is 55.4 Å². The molecule has 7 nitrogen and oxygen atoms in total. The van der Waals surface area contributed by atoms with E-state index in [0.717, 1.165) is 25.1 Å². The average Bonchev–Trinajstić information content (AvgIpc) is 2.84. The van der Waals surface area contributed by atoms with Crippen molar-refractivity contribution >= 4 is 39.8 Å². The molecule has 0 spiro atoms. The summed E-state index contributed by atoms with van der Waals surface area (Å²) < 4.78 is 24.6. The third-order valence-electron chi connectivity index (χ3n) is 6.29. The molecular weight excluding hydrogens is 483 g/mol. The number of halogens is 2. The molecule has 1 atom stereocenters. The standard InChI is InChI=1S/C27H30ClFN4O3/c1-3-20-8-10-33(20)9-4-5-21(34)13-18-14-22-25(16-26(18)36-12-11-35-2)30-17-31-27(22)32-19-6-7-24(29)23(28)15-19/h4-7,14-17,20H,3,8-13H2,1-2H3,(H,30,31,32)/b5-4+/t20-/m0/s1. The molecule has 2 heterocycles. The van der Waals surface area contributed by atoms with E-state index in [-0.39, 0.29) is 17.2 Å². The molecule has 1 saturated heterocycles. The van der Waals surface area contributed by atoms with Crippen LogP contribution in [0.15, 0.2) is 48.8 Å². The third kappa shape index (κ3) is 6.37. The first kappa shape index (κ1) is 26.0. The predicted molar refractivity (Wildman–Crippen MR) is 140 cm³/mol. The smallest absolute Gasteiger partial charge is 0.159 e. The van der Waals surface area contributed by atoms with E-state index in [4.69, 9.17) is 21.1 Å². The molecular formula is C27H30ClFN4O3. The van der Waals surface area contributed by atoms with Crippen LogP contribution < -0.4 is 10.1 Å². The topological polar surface area (TPSA) is 76.6 Å². The van der Waals surface area contributed by atoms with Crippen LogP contribution in [-0.2, 0) is 16.0 Å². The van der Waals surface area contributed by atoms with E-state index in [0.29, 0.717) is 47.4 Å². The molecule has 0 aliphatic carbocycles. The number of aromatic nitrogens is 2. The fourth-order valence-corrected chi connectivity index (χ4v) is 4.39. The highest BCUT2D eigenvalue weighted by Crippen LogP contribution is 2.31. The molecule has 0 unspecified atom stereocenters. The van der Waals surface area contributed by atoms with Crippen LogP contribution in [-0.4, -0.2) is 60.1 Å². The zero-order valence-electron chi connectivity index (χ0n) is 20.5. The zero-order chi connectivity index (χ0) is 25.5. The van der Waals surface area contributed by atoms with Gasteiger partial charge >= 0.3 is 0 Å². The number of nitrogens with zero attached hydrogens (tertiary/aromatic N) is 3. The highest BCUT2D eigenvalue weighted by Gasteiger charge is 2.24. The summed E-state index contributed by atoms with van der Waals surface area (Å²) in [6.45, 7) is 4.81. The molecule has 1 fully saturated rings. The Kier molecular flexibility index (Phi) is 8.85. The van der Waals surface area contributed by atoms with Crippen molar-refractivity contribution in [2.75, 3.05) is 38.7 Å². The number of allylic oxidation sites excluding steroid dienone is 1. The van der Waals surface area contributed by atoms with Gasteiger partial charge in [0.2, 0.25) is 0 Å². The van der Waals surface area contributed by atoms with E-state index in [1.807, 2.05) is 12.1 Å². The Balaban J connectivity index is 1.58. The first-order valence-corrected chi connectivity index (χ1v) is 12.4. The summed E-state index contributed by atoms with van der Waals surface area (Å²) in [6, 6.07) is 8.63. The van der Waals surface area contributed by atoms with E-state index in [1.54, 1.807) is 25.3 Å². The van der Waals surface area contributed by atoms with Crippen LogP contribution in [0, 0.1) is 5.82 Å². The highest BCUT2D eigenvalue weighted by atomic mass is 35.5. The number of fused-ring (bicyclic) bond motifs is 1. The number of benzene rings is 2. The molecule has 4 rings (SSSR count).